The SMILES string of the molecule is C#CCOc1ccc(CC(NC=O)C(=O)O)cc1. The summed E-state index contributed by atoms with van der Waals surface area (Å²) in [7, 11) is 0. The van der Waals surface area contributed by atoms with E-state index in [-0.39, 0.29) is 13.0 Å². The van der Waals surface area contributed by atoms with Crippen LogP contribution in [0.3, 0.4) is 0 Å². The molecule has 0 aliphatic heterocycles. The van der Waals surface area contributed by atoms with Crippen LogP contribution < -0.4 is 10.1 Å². The van der Waals surface area contributed by atoms with E-state index in [1.807, 2.05) is 0 Å². The van der Waals surface area contributed by atoms with Crippen molar-refractivity contribution in [2.75, 3.05) is 6.61 Å². The molecule has 1 amide bonds. The van der Waals surface area contributed by atoms with Gasteiger partial charge in [0.25, 0.3) is 0 Å². The Morgan fingerprint density at radius 1 is 1.50 bits per heavy atom. The van der Waals surface area contributed by atoms with E-state index < -0.39 is 12.0 Å². The molecule has 1 atom stereocenters. The third-order valence-electron chi connectivity index (χ3n) is 2.25. The smallest absolute Gasteiger partial charge is 0.326 e. The molecule has 18 heavy (non-hydrogen) atoms. The summed E-state index contributed by atoms with van der Waals surface area (Å²) in [5.41, 5.74) is 0.782. The molecule has 0 aliphatic rings. The normalized spacial score (nSPS) is 11.1. The van der Waals surface area contributed by atoms with Gasteiger partial charge in [-0.3, -0.25) is 4.79 Å². The summed E-state index contributed by atoms with van der Waals surface area (Å²) in [6.07, 6.45) is 5.65. The van der Waals surface area contributed by atoms with Gasteiger partial charge in [-0.25, -0.2) is 4.79 Å². The third-order valence-corrected chi connectivity index (χ3v) is 2.25. The molecule has 0 saturated heterocycles. The molecule has 2 N–H and O–H groups in total. The van der Waals surface area contributed by atoms with E-state index in [9.17, 15) is 9.59 Å². The Balaban J connectivity index is 2.64. The number of hydrogen-bond acceptors (Lipinski definition) is 3. The molecule has 0 saturated carbocycles. The largest absolute Gasteiger partial charge is 0.481 e. The quantitative estimate of drug-likeness (QED) is 0.541. The summed E-state index contributed by atoms with van der Waals surface area (Å²) in [4.78, 5) is 21.1. The number of aliphatic carboxylic acids is 1. The van der Waals surface area contributed by atoms with Gasteiger partial charge in [-0.2, -0.15) is 0 Å². The van der Waals surface area contributed by atoms with Crippen molar-refractivity contribution < 1.29 is 19.4 Å². The van der Waals surface area contributed by atoms with Crippen molar-refractivity contribution in [3.8, 4) is 18.1 Å². The second-order valence-corrected chi connectivity index (χ2v) is 3.52. The molecule has 0 spiro atoms. The zero-order valence-corrected chi connectivity index (χ0v) is 9.63. The number of amides is 1. The summed E-state index contributed by atoms with van der Waals surface area (Å²) in [5, 5.41) is 11.1. The molecule has 1 aromatic carbocycles. The molecular weight excluding hydrogens is 234 g/mol. The summed E-state index contributed by atoms with van der Waals surface area (Å²) in [6.45, 7) is 0.184. The van der Waals surface area contributed by atoms with Crippen molar-refractivity contribution in [2.24, 2.45) is 0 Å². The van der Waals surface area contributed by atoms with Crippen LogP contribution in [-0.2, 0) is 16.0 Å². The van der Waals surface area contributed by atoms with E-state index >= 15 is 0 Å². The lowest BCUT2D eigenvalue weighted by atomic mass is 10.1. The minimum Gasteiger partial charge on any atom is -0.481 e. The lowest BCUT2D eigenvalue weighted by molar-refractivity contribution is -0.140. The van der Waals surface area contributed by atoms with Crippen LogP contribution in [0.15, 0.2) is 24.3 Å². The summed E-state index contributed by atoms with van der Waals surface area (Å²) in [6, 6.07) is 5.93. The molecular formula is C13H13NO4. The lowest BCUT2D eigenvalue weighted by Gasteiger charge is -2.11. The number of carbonyl (C=O) groups is 2. The molecule has 0 aromatic heterocycles. The van der Waals surface area contributed by atoms with Gasteiger partial charge in [-0.05, 0) is 17.7 Å². The fourth-order valence-electron chi connectivity index (χ4n) is 1.38. The predicted molar refractivity (Wildman–Crippen MR) is 65.1 cm³/mol. The lowest BCUT2D eigenvalue weighted by Crippen LogP contribution is -2.37. The van der Waals surface area contributed by atoms with E-state index in [1.54, 1.807) is 24.3 Å². The second kappa shape index (κ2) is 6.97. The van der Waals surface area contributed by atoms with Crippen molar-refractivity contribution in [2.45, 2.75) is 12.5 Å². The first kappa shape index (κ1) is 13.6. The highest BCUT2D eigenvalue weighted by molar-refractivity contribution is 5.76. The summed E-state index contributed by atoms with van der Waals surface area (Å²) in [5.74, 6) is 1.89. The van der Waals surface area contributed by atoms with E-state index in [0.29, 0.717) is 12.2 Å². The maximum Gasteiger partial charge on any atom is 0.326 e. The van der Waals surface area contributed by atoms with Crippen LogP contribution in [0, 0.1) is 12.3 Å². The standard InChI is InChI=1S/C13H13NO4/c1-2-7-18-11-5-3-10(4-6-11)8-12(13(16)17)14-9-15/h1,3-6,9,12H,7-8H2,(H,14,15)(H,16,17). The van der Waals surface area contributed by atoms with Gasteiger partial charge in [-0.15, -0.1) is 6.42 Å². The van der Waals surface area contributed by atoms with Crippen molar-refractivity contribution in [1.29, 1.82) is 0 Å². The first-order valence-corrected chi connectivity index (χ1v) is 5.25. The van der Waals surface area contributed by atoms with Gasteiger partial charge in [0, 0.05) is 6.42 Å². The van der Waals surface area contributed by atoms with Gasteiger partial charge in [0.15, 0.2) is 0 Å². The van der Waals surface area contributed by atoms with Crippen molar-refractivity contribution in [3.05, 3.63) is 29.8 Å². The van der Waals surface area contributed by atoms with Crippen LogP contribution in [-0.4, -0.2) is 30.1 Å². The summed E-state index contributed by atoms with van der Waals surface area (Å²) < 4.78 is 5.19. The van der Waals surface area contributed by atoms with Gasteiger partial charge < -0.3 is 15.2 Å². The molecule has 5 heteroatoms. The average Bonchev–Trinajstić information content (AvgIpc) is 2.37. The molecule has 0 heterocycles. The zero-order valence-electron chi connectivity index (χ0n) is 9.63. The Morgan fingerprint density at radius 2 is 2.17 bits per heavy atom. The highest BCUT2D eigenvalue weighted by Gasteiger charge is 2.16. The van der Waals surface area contributed by atoms with Crippen LogP contribution in [0.5, 0.6) is 5.75 Å². The van der Waals surface area contributed by atoms with Gasteiger partial charge in [0.2, 0.25) is 6.41 Å². The molecule has 1 unspecified atom stereocenters. The van der Waals surface area contributed by atoms with Gasteiger partial charge >= 0.3 is 5.97 Å². The van der Waals surface area contributed by atoms with Crippen molar-refractivity contribution >= 4 is 12.4 Å². The zero-order chi connectivity index (χ0) is 13.4. The topological polar surface area (TPSA) is 75.6 Å². The Bertz CT molecular complexity index is 447. The number of ether oxygens (including phenoxy) is 1. The highest BCUT2D eigenvalue weighted by Crippen LogP contribution is 2.13. The molecule has 94 valence electrons. The molecule has 0 aliphatic carbocycles. The highest BCUT2D eigenvalue weighted by atomic mass is 16.5. The van der Waals surface area contributed by atoms with Crippen molar-refractivity contribution in [3.63, 3.8) is 0 Å². The van der Waals surface area contributed by atoms with Gasteiger partial charge in [0.05, 0.1) is 0 Å². The second-order valence-electron chi connectivity index (χ2n) is 3.52. The molecule has 0 bridgehead atoms. The monoisotopic (exact) mass is 247 g/mol. The van der Waals surface area contributed by atoms with Crippen molar-refractivity contribution in [1.82, 2.24) is 5.32 Å². The van der Waals surface area contributed by atoms with Gasteiger partial charge in [0.1, 0.15) is 18.4 Å². The number of benzene rings is 1. The molecule has 0 fully saturated rings. The first-order chi connectivity index (χ1) is 8.67. The van der Waals surface area contributed by atoms with E-state index in [1.165, 1.54) is 0 Å². The fraction of sp³-hybridized carbons (Fsp3) is 0.231. The Kier molecular flexibility index (Phi) is 5.26. The minimum atomic E-state index is -1.07. The van der Waals surface area contributed by atoms with Crippen LogP contribution in [0.4, 0.5) is 0 Å². The predicted octanol–water partition coefficient (Wildman–Crippen LogP) is 0.440. The van der Waals surface area contributed by atoms with E-state index in [2.05, 4.69) is 11.2 Å². The fourth-order valence-corrected chi connectivity index (χ4v) is 1.38. The Hall–Kier alpha value is -2.48. The number of terminal acetylenes is 1. The maximum absolute atomic E-state index is 10.8. The number of carbonyl (C=O) groups excluding carboxylic acids is 1. The third kappa shape index (κ3) is 4.18. The number of hydrogen-bond donors (Lipinski definition) is 2. The van der Waals surface area contributed by atoms with Crippen LogP contribution >= 0.6 is 0 Å². The Morgan fingerprint density at radius 3 is 2.67 bits per heavy atom. The molecule has 5 nitrogen and oxygen atoms in total. The Labute approximate surface area is 105 Å². The van der Waals surface area contributed by atoms with Crippen LogP contribution in [0.1, 0.15) is 5.56 Å². The average molecular weight is 247 g/mol. The van der Waals surface area contributed by atoms with Gasteiger partial charge in [-0.1, -0.05) is 18.1 Å². The molecule has 1 rings (SSSR count). The maximum atomic E-state index is 10.8. The first-order valence-electron chi connectivity index (χ1n) is 5.25. The molecule has 1 aromatic rings. The van der Waals surface area contributed by atoms with Crippen LogP contribution in [0.25, 0.3) is 0 Å². The van der Waals surface area contributed by atoms with Crippen LogP contribution in [0.2, 0.25) is 0 Å². The number of rotatable bonds is 7. The van der Waals surface area contributed by atoms with E-state index in [4.69, 9.17) is 16.3 Å². The number of carboxylic acid groups (broad SMARTS) is 1. The summed E-state index contributed by atoms with van der Waals surface area (Å²) >= 11 is 0. The van der Waals surface area contributed by atoms with E-state index in [0.717, 1.165) is 5.56 Å². The molecule has 0 radical (unpaired) electrons. The number of nitrogens with one attached hydrogen (secondary N) is 1. The number of carboxylic acids is 1. The minimum absolute atomic E-state index is 0.184.